The van der Waals surface area contributed by atoms with Crippen LogP contribution < -0.4 is 10.6 Å². The standard InChI is InChI=1S/C20H23N3O3/c1-20(2,3)23-19(26)17-10-13(8-9-21-17)22-18(25)15-7-5-12-4-6-14(24)11-16(12)15/h4,6,8-11,15,24H,5,7H2,1-3H3,(H,23,26)(H,21,22,25). The summed E-state index contributed by atoms with van der Waals surface area (Å²) in [5, 5.41) is 15.4. The molecule has 2 aromatic rings. The molecule has 1 atom stereocenters. The maximum Gasteiger partial charge on any atom is 0.270 e. The van der Waals surface area contributed by atoms with Crippen molar-refractivity contribution >= 4 is 17.5 Å². The lowest BCUT2D eigenvalue weighted by Gasteiger charge is -2.20. The second-order valence-electron chi connectivity index (χ2n) is 7.60. The van der Waals surface area contributed by atoms with Crippen LogP contribution in [0.4, 0.5) is 5.69 Å². The van der Waals surface area contributed by atoms with Crippen LogP contribution in [0, 0.1) is 0 Å². The average molecular weight is 353 g/mol. The maximum atomic E-state index is 12.7. The zero-order valence-corrected chi connectivity index (χ0v) is 15.2. The maximum absolute atomic E-state index is 12.7. The first-order valence-corrected chi connectivity index (χ1v) is 8.64. The fraction of sp³-hybridized carbons (Fsp3) is 0.350. The number of benzene rings is 1. The zero-order chi connectivity index (χ0) is 18.9. The number of phenols is 1. The highest BCUT2D eigenvalue weighted by Crippen LogP contribution is 2.36. The van der Waals surface area contributed by atoms with Crippen LogP contribution in [-0.4, -0.2) is 27.4 Å². The number of anilines is 1. The number of amides is 2. The minimum Gasteiger partial charge on any atom is -0.508 e. The van der Waals surface area contributed by atoms with Crippen LogP contribution in [-0.2, 0) is 11.2 Å². The van der Waals surface area contributed by atoms with E-state index in [-0.39, 0.29) is 34.7 Å². The second-order valence-corrected chi connectivity index (χ2v) is 7.60. The number of fused-ring (bicyclic) bond motifs is 1. The molecule has 1 aromatic heterocycles. The van der Waals surface area contributed by atoms with E-state index >= 15 is 0 Å². The Morgan fingerprint density at radius 2 is 1.96 bits per heavy atom. The van der Waals surface area contributed by atoms with Gasteiger partial charge in [-0.3, -0.25) is 14.6 Å². The molecule has 3 N–H and O–H groups in total. The van der Waals surface area contributed by atoms with E-state index in [2.05, 4.69) is 15.6 Å². The zero-order valence-electron chi connectivity index (χ0n) is 15.2. The monoisotopic (exact) mass is 353 g/mol. The van der Waals surface area contributed by atoms with Gasteiger partial charge in [0.2, 0.25) is 5.91 Å². The highest BCUT2D eigenvalue weighted by molar-refractivity contribution is 5.98. The molecule has 6 heteroatoms. The first-order chi connectivity index (χ1) is 12.2. The van der Waals surface area contributed by atoms with Gasteiger partial charge in [-0.1, -0.05) is 6.07 Å². The Hall–Kier alpha value is -2.89. The number of aromatic hydroxyl groups is 1. The first kappa shape index (κ1) is 17.9. The van der Waals surface area contributed by atoms with Crippen LogP contribution in [0.3, 0.4) is 0 Å². The number of phenolic OH excluding ortho intramolecular Hbond substituents is 1. The SMILES string of the molecule is CC(C)(C)NC(=O)c1cc(NC(=O)C2CCc3ccc(O)cc32)ccn1. The molecule has 1 aromatic carbocycles. The lowest BCUT2D eigenvalue weighted by Crippen LogP contribution is -2.40. The average Bonchev–Trinajstić information content (AvgIpc) is 2.96. The van der Waals surface area contributed by atoms with Gasteiger partial charge >= 0.3 is 0 Å². The van der Waals surface area contributed by atoms with Crippen molar-refractivity contribution in [1.82, 2.24) is 10.3 Å². The predicted molar refractivity (Wildman–Crippen MR) is 99.3 cm³/mol. The van der Waals surface area contributed by atoms with Crippen molar-refractivity contribution in [3.63, 3.8) is 0 Å². The molecule has 0 radical (unpaired) electrons. The minimum absolute atomic E-state index is 0.150. The van der Waals surface area contributed by atoms with Crippen LogP contribution in [0.2, 0.25) is 0 Å². The number of carbonyl (C=O) groups excluding carboxylic acids is 2. The molecule has 0 fully saturated rings. The molecular formula is C20H23N3O3. The summed E-state index contributed by atoms with van der Waals surface area (Å²) in [6.45, 7) is 5.68. The Kier molecular flexibility index (Phi) is 4.68. The smallest absolute Gasteiger partial charge is 0.270 e. The van der Waals surface area contributed by atoms with Crippen molar-refractivity contribution in [3.8, 4) is 5.75 Å². The summed E-state index contributed by atoms with van der Waals surface area (Å²) in [6.07, 6.45) is 3.01. The lowest BCUT2D eigenvalue weighted by atomic mass is 10.00. The van der Waals surface area contributed by atoms with E-state index in [1.165, 1.54) is 6.20 Å². The van der Waals surface area contributed by atoms with Gasteiger partial charge in [0.05, 0.1) is 5.92 Å². The van der Waals surface area contributed by atoms with E-state index in [1.54, 1.807) is 24.3 Å². The summed E-state index contributed by atoms with van der Waals surface area (Å²) >= 11 is 0. The van der Waals surface area contributed by atoms with Crippen molar-refractivity contribution < 1.29 is 14.7 Å². The minimum atomic E-state index is -0.367. The Balaban J connectivity index is 1.74. The number of rotatable bonds is 3. The van der Waals surface area contributed by atoms with Crippen LogP contribution >= 0.6 is 0 Å². The van der Waals surface area contributed by atoms with E-state index in [9.17, 15) is 14.7 Å². The number of aryl methyl sites for hydroxylation is 1. The molecule has 0 spiro atoms. The third-order valence-electron chi connectivity index (χ3n) is 4.27. The van der Waals surface area contributed by atoms with Crippen LogP contribution in [0.25, 0.3) is 0 Å². The summed E-state index contributed by atoms with van der Waals surface area (Å²) in [5.74, 6) is -0.585. The first-order valence-electron chi connectivity index (χ1n) is 8.64. The van der Waals surface area contributed by atoms with Gasteiger partial charge in [0, 0.05) is 17.4 Å². The summed E-state index contributed by atoms with van der Waals surface area (Å²) < 4.78 is 0. The second kappa shape index (κ2) is 6.78. The molecule has 1 unspecified atom stereocenters. The molecule has 3 rings (SSSR count). The molecule has 0 aliphatic heterocycles. The Bertz CT molecular complexity index is 856. The summed E-state index contributed by atoms with van der Waals surface area (Å²) in [6, 6.07) is 8.38. The molecule has 0 saturated heterocycles. The van der Waals surface area contributed by atoms with E-state index in [0.717, 1.165) is 17.5 Å². The van der Waals surface area contributed by atoms with Crippen LogP contribution in [0.5, 0.6) is 5.75 Å². The Morgan fingerprint density at radius 3 is 2.69 bits per heavy atom. The molecule has 0 bridgehead atoms. The van der Waals surface area contributed by atoms with E-state index in [1.807, 2.05) is 26.8 Å². The molecule has 136 valence electrons. The highest BCUT2D eigenvalue weighted by atomic mass is 16.3. The topological polar surface area (TPSA) is 91.3 Å². The van der Waals surface area contributed by atoms with Crippen molar-refractivity contribution in [1.29, 1.82) is 0 Å². The molecule has 2 amide bonds. The molecule has 6 nitrogen and oxygen atoms in total. The van der Waals surface area contributed by atoms with Gasteiger partial charge in [-0.25, -0.2) is 0 Å². The quantitative estimate of drug-likeness (QED) is 0.791. The van der Waals surface area contributed by atoms with E-state index < -0.39 is 0 Å². The third kappa shape index (κ3) is 4.02. The molecule has 1 heterocycles. The molecule has 26 heavy (non-hydrogen) atoms. The van der Waals surface area contributed by atoms with Crippen molar-refractivity contribution in [2.75, 3.05) is 5.32 Å². The Labute approximate surface area is 152 Å². The van der Waals surface area contributed by atoms with Gasteiger partial charge < -0.3 is 15.7 Å². The van der Waals surface area contributed by atoms with E-state index in [4.69, 9.17) is 0 Å². The number of aromatic nitrogens is 1. The number of pyridine rings is 1. The summed E-state index contributed by atoms with van der Waals surface area (Å²) in [5.41, 5.74) is 2.36. The van der Waals surface area contributed by atoms with Gasteiger partial charge in [0.25, 0.3) is 5.91 Å². The normalized spacial score (nSPS) is 16.0. The van der Waals surface area contributed by atoms with Crippen molar-refractivity contribution in [2.45, 2.75) is 45.1 Å². The number of nitrogens with one attached hydrogen (secondary N) is 2. The van der Waals surface area contributed by atoms with Crippen LogP contribution in [0.15, 0.2) is 36.5 Å². The number of hydrogen-bond donors (Lipinski definition) is 3. The molecule has 0 saturated carbocycles. The van der Waals surface area contributed by atoms with Crippen molar-refractivity contribution in [3.05, 3.63) is 53.3 Å². The van der Waals surface area contributed by atoms with Gasteiger partial charge in [0.1, 0.15) is 11.4 Å². The predicted octanol–water partition coefficient (Wildman–Crippen LogP) is 2.98. The van der Waals surface area contributed by atoms with Gasteiger partial charge in [-0.05, 0) is 69.0 Å². The van der Waals surface area contributed by atoms with Gasteiger partial charge in [0.15, 0.2) is 0 Å². The third-order valence-corrected chi connectivity index (χ3v) is 4.27. The Morgan fingerprint density at radius 1 is 1.19 bits per heavy atom. The molecule has 1 aliphatic carbocycles. The molecule has 1 aliphatic rings. The van der Waals surface area contributed by atoms with Crippen molar-refractivity contribution in [2.24, 2.45) is 0 Å². The largest absolute Gasteiger partial charge is 0.508 e. The number of carbonyl (C=O) groups is 2. The fourth-order valence-corrected chi connectivity index (χ4v) is 3.13. The highest BCUT2D eigenvalue weighted by Gasteiger charge is 2.29. The fourth-order valence-electron chi connectivity index (χ4n) is 3.13. The van der Waals surface area contributed by atoms with Crippen LogP contribution in [0.1, 0.15) is 54.7 Å². The summed E-state index contributed by atoms with van der Waals surface area (Å²) in [4.78, 5) is 29.0. The van der Waals surface area contributed by atoms with E-state index in [0.29, 0.717) is 12.1 Å². The van der Waals surface area contributed by atoms with Gasteiger partial charge in [-0.2, -0.15) is 0 Å². The lowest BCUT2D eigenvalue weighted by molar-refractivity contribution is -0.117. The summed E-state index contributed by atoms with van der Waals surface area (Å²) in [7, 11) is 0. The number of hydrogen-bond acceptors (Lipinski definition) is 4. The molecular weight excluding hydrogens is 330 g/mol. The van der Waals surface area contributed by atoms with Gasteiger partial charge in [-0.15, -0.1) is 0 Å². The number of nitrogens with zero attached hydrogens (tertiary/aromatic N) is 1.